The first-order valence-corrected chi connectivity index (χ1v) is 11.9. The third kappa shape index (κ3) is 4.48. The minimum absolute atomic E-state index is 0.00386. The number of hydrogen-bond acceptors (Lipinski definition) is 5. The number of carbonyl (C=O) groups excluding carboxylic acids is 2. The van der Waals surface area contributed by atoms with Gasteiger partial charge in [-0.3, -0.25) is 19.5 Å². The number of nitrogens with zero attached hydrogens (tertiary/aromatic N) is 2. The number of benzene rings is 2. The van der Waals surface area contributed by atoms with Gasteiger partial charge in [0.05, 0.1) is 22.8 Å². The highest BCUT2D eigenvalue weighted by molar-refractivity contribution is 9.10. The fourth-order valence-corrected chi connectivity index (χ4v) is 4.63. The second kappa shape index (κ2) is 10.2. The molecule has 1 unspecified atom stereocenters. The molecule has 1 N–H and O–H groups in total. The van der Waals surface area contributed by atoms with Crippen LogP contribution in [0.1, 0.15) is 42.6 Å². The lowest BCUT2D eigenvalue weighted by atomic mass is 9.98. The average Bonchev–Trinajstić information content (AvgIpc) is 3.13. The van der Waals surface area contributed by atoms with Gasteiger partial charge in [-0.1, -0.05) is 31.5 Å². The zero-order valence-electron chi connectivity index (χ0n) is 19.0. The summed E-state index contributed by atoms with van der Waals surface area (Å²) in [5.74, 6) is -1.14. The number of aliphatic hydroxyl groups excluding tert-OH is 1. The molecule has 1 amide bonds. The first kappa shape index (κ1) is 23.7. The van der Waals surface area contributed by atoms with Crippen LogP contribution in [0, 0.1) is 0 Å². The Morgan fingerprint density at radius 2 is 1.88 bits per heavy atom. The molecule has 0 spiro atoms. The molecule has 1 saturated heterocycles. The van der Waals surface area contributed by atoms with Crippen molar-refractivity contribution in [2.75, 3.05) is 12.0 Å². The number of aromatic nitrogens is 1. The van der Waals surface area contributed by atoms with E-state index >= 15 is 0 Å². The molecule has 6 nitrogen and oxygen atoms in total. The average molecular weight is 521 g/mol. The summed E-state index contributed by atoms with van der Waals surface area (Å²) in [5.41, 5.74) is 2.62. The highest BCUT2D eigenvalue weighted by atomic mass is 79.9. The van der Waals surface area contributed by atoms with Gasteiger partial charge < -0.3 is 9.84 Å². The number of amides is 1. The third-order valence-electron chi connectivity index (χ3n) is 5.87. The van der Waals surface area contributed by atoms with Gasteiger partial charge in [0, 0.05) is 17.4 Å². The quantitative estimate of drug-likeness (QED) is 0.241. The summed E-state index contributed by atoms with van der Waals surface area (Å²) in [6.45, 7) is 2.14. The number of carbonyl (C=O) groups is 2. The molecular formula is C27H25BrN2O4. The van der Waals surface area contributed by atoms with Crippen LogP contribution in [0.3, 0.4) is 0 Å². The van der Waals surface area contributed by atoms with Gasteiger partial charge in [-0.15, -0.1) is 0 Å². The van der Waals surface area contributed by atoms with Crippen molar-refractivity contribution < 1.29 is 19.4 Å². The number of halogens is 1. The minimum atomic E-state index is -0.858. The molecule has 7 heteroatoms. The zero-order valence-corrected chi connectivity index (χ0v) is 20.6. The summed E-state index contributed by atoms with van der Waals surface area (Å²) in [7, 11) is 1.54. The van der Waals surface area contributed by atoms with Gasteiger partial charge in [-0.05, 0) is 76.8 Å². The molecule has 2 heterocycles. The smallest absolute Gasteiger partial charge is 0.300 e. The van der Waals surface area contributed by atoms with E-state index < -0.39 is 17.7 Å². The number of hydrogen-bond donors (Lipinski definition) is 1. The van der Waals surface area contributed by atoms with Crippen molar-refractivity contribution in [1.29, 1.82) is 0 Å². The van der Waals surface area contributed by atoms with Crippen LogP contribution in [0.25, 0.3) is 5.76 Å². The summed E-state index contributed by atoms with van der Waals surface area (Å²) in [4.78, 5) is 32.3. The van der Waals surface area contributed by atoms with E-state index in [4.69, 9.17) is 4.74 Å². The first-order chi connectivity index (χ1) is 16.5. The van der Waals surface area contributed by atoms with Crippen LogP contribution in [-0.2, 0) is 16.0 Å². The van der Waals surface area contributed by atoms with Crippen LogP contribution in [-0.4, -0.2) is 28.9 Å². The number of pyridine rings is 1. The van der Waals surface area contributed by atoms with Gasteiger partial charge in [0.2, 0.25) is 0 Å². The van der Waals surface area contributed by atoms with Crippen molar-refractivity contribution in [2.24, 2.45) is 0 Å². The van der Waals surface area contributed by atoms with E-state index in [9.17, 15) is 14.7 Å². The normalized spacial score (nSPS) is 17.3. The Bertz CT molecular complexity index is 1240. The summed E-state index contributed by atoms with van der Waals surface area (Å²) in [5, 5.41) is 11.2. The topological polar surface area (TPSA) is 79.7 Å². The van der Waals surface area contributed by atoms with E-state index in [0.717, 1.165) is 19.3 Å². The molecule has 0 aliphatic carbocycles. The number of Topliss-reactive ketones (excluding diaryl/α,β-unsaturated/α-hetero) is 1. The van der Waals surface area contributed by atoms with Crippen LogP contribution in [0.15, 0.2) is 76.9 Å². The Hall–Kier alpha value is -3.45. The number of rotatable bonds is 7. The van der Waals surface area contributed by atoms with E-state index in [0.29, 0.717) is 27.2 Å². The molecule has 174 valence electrons. The summed E-state index contributed by atoms with van der Waals surface area (Å²) in [6.07, 6.45) is 4.73. The van der Waals surface area contributed by atoms with Crippen LogP contribution in [0.4, 0.5) is 5.69 Å². The van der Waals surface area contributed by atoms with Crippen LogP contribution >= 0.6 is 15.9 Å². The molecule has 4 rings (SSSR count). The highest BCUT2D eigenvalue weighted by Crippen LogP contribution is 2.42. The van der Waals surface area contributed by atoms with E-state index in [-0.39, 0.29) is 11.3 Å². The maximum absolute atomic E-state index is 13.2. The molecule has 2 aromatic carbocycles. The molecule has 0 saturated carbocycles. The molecule has 0 bridgehead atoms. The van der Waals surface area contributed by atoms with Crippen molar-refractivity contribution >= 4 is 39.1 Å². The van der Waals surface area contributed by atoms with Gasteiger partial charge in [-0.25, -0.2) is 0 Å². The SMILES string of the molecule is CCCCc1ccc(N2C(=O)C(=O)/C(=C(\O)c3ccc(OC)c(Br)c3)C2c2ccccn2)cc1. The Labute approximate surface area is 207 Å². The Balaban J connectivity index is 1.84. The lowest BCUT2D eigenvalue weighted by Crippen LogP contribution is -2.29. The number of unbranched alkanes of at least 4 members (excludes halogenated alkanes) is 1. The molecule has 0 radical (unpaired) electrons. The van der Waals surface area contributed by atoms with Crippen molar-refractivity contribution in [2.45, 2.75) is 32.2 Å². The molecule has 34 heavy (non-hydrogen) atoms. The van der Waals surface area contributed by atoms with Crippen LogP contribution in [0.2, 0.25) is 0 Å². The number of ketones is 1. The lowest BCUT2D eigenvalue weighted by Gasteiger charge is -2.24. The maximum Gasteiger partial charge on any atom is 0.300 e. The molecule has 1 aliphatic heterocycles. The van der Waals surface area contributed by atoms with Gasteiger partial charge in [-0.2, -0.15) is 0 Å². The first-order valence-electron chi connectivity index (χ1n) is 11.1. The van der Waals surface area contributed by atoms with Gasteiger partial charge in [0.15, 0.2) is 0 Å². The fraction of sp³-hybridized carbons (Fsp3) is 0.222. The predicted octanol–water partition coefficient (Wildman–Crippen LogP) is 5.82. The number of aliphatic hydroxyl groups is 1. The largest absolute Gasteiger partial charge is 0.507 e. The second-order valence-electron chi connectivity index (χ2n) is 8.04. The third-order valence-corrected chi connectivity index (χ3v) is 6.49. The highest BCUT2D eigenvalue weighted by Gasteiger charge is 2.47. The standard InChI is InChI=1S/C27H25BrN2O4/c1-3-4-7-17-9-12-19(13-10-17)30-24(21-8-5-6-15-29-21)23(26(32)27(30)33)25(31)18-11-14-22(34-2)20(28)16-18/h5-6,8-16,24,31H,3-4,7H2,1-2H3/b25-23-. The van der Waals surface area contributed by atoms with Crippen LogP contribution < -0.4 is 9.64 Å². The van der Waals surface area contributed by atoms with E-state index in [1.807, 2.05) is 24.3 Å². The maximum atomic E-state index is 13.2. The van der Waals surface area contributed by atoms with Crippen molar-refractivity contribution in [3.05, 3.63) is 93.7 Å². The van der Waals surface area contributed by atoms with Gasteiger partial charge >= 0.3 is 0 Å². The molecular weight excluding hydrogens is 496 g/mol. The van der Waals surface area contributed by atoms with Crippen molar-refractivity contribution in [3.63, 3.8) is 0 Å². The van der Waals surface area contributed by atoms with E-state index in [1.54, 1.807) is 49.7 Å². The van der Waals surface area contributed by atoms with Gasteiger partial charge in [0.1, 0.15) is 17.6 Å². The summed E-state index contributed by atoms with van der Waals surface area (Å²) < 4.78 is 5.87. The minimum Gasteiger partial charge on any atom is -0.507 e. The van der Waals surface area contributed by atoms with Crippen molar-refractivity contribution in [1.82, 2.24) is 4.98 Å². The Kier molecular flexibility index (Phi) is 7.12. The summed E-state index contributed by atoms with van der Waals surface area (Å²) >= 11 is 3.41. The monoisotopic (exact) mass is 520 g/mol. The predicted molar refractivity (Wildman–Crippen MR) is 135 cm³/mol. The molecule has 1 fully saturated rings. The lowest BCUT2D eigenvalue weighted by molar-refractivity contribution is -0.132. The number of ether oxygens (including phenoxy) is 1. The Morgan fingerprint density at radius 3 is 2.50 bits per heavy atom. The Morgan fingerprint density at radius 1 is 1.12 bits per heavy atom. The number of anilines is 1. The van der Waals surface area contributed by atoms with Gasteiger partial charge in [0.25, 0.3) is 11.7 Å². The molecule has 1 aromatic heterocycles. The van der Waals surface area contributed by atoms with E-state index in [1.165, 1.54) is 10.5 Å². The molecule has 3 aromatic rings. The second-order valence-corrected chi connectivity index (χ2v) is 8.90. The van der Waals surface area contributed by atoms with Crippen LogP contribution in [0.5, 0.6) is 5.75 Å². The molecule has 1 aliphatic rings. The van der Waals surface area contributed by atoms with Crippen molar-refractivity contribution in [3.8, 4) is 5.75 Å². The van der Waals surface area contributed by atoms with E-state index in [2.05, 4.69) is 27.8 Å². The zero-order chi connectivity index (χ0) is 24.2. The summed E-state index contributed by atoms with van der Waals surface area (Å²) in [6, 6.07) is 17.1. The number of aryl methyl sites for hydroxylation is 1. The molecule has 1 atom stereocenters. The fourth-order valence-electron chi connectivity index (χ4n) is 4.09. The number of methoxy groups -OCH3 is 1.